The maximum absolute atomic E-state index is 11.9. The summed E-state index contributed by atoms with van der Waals surface area (Å²) in [6, 6.07) is 4.82. The van der Waals surface area contributed by atoms with E-state index in [0.29, 0.717) is 16.3 Å². The minimum Gasteiger partial charge on any atom is -0.495 e. The molecular weight excluding hydrogens is 240 g/mol. The lowest BCUT2D eigenvalue weighted by molar-refractivity contribution is -0.135. The standard InChI is InChI=1S/C13H17ClO3/c1-13(2,3)12(16)11(15)8-5-6-10(17-4)9(14)7-8/h5-7,11,15H,1-4H3. The van der Waals surface area contributed by atoms with Gasteiger partial charge in [0.2, 0.25) is 0 Å². The molecule has 1 N–H and O–H groups in total. The molecule has 0 spiro atoms. The van der Waals surface area contributed by atoms with Crippen LogP contribution in [0, 0.1) is 5.41 Å². The van der Waals surface area contributed by atoms with Crippen LogP contribution in [0.2, 0.25) is 5.02 Å². The zero-order valence-corrected chi connectivity index (χ0v) is 11.2. The van der Waals surface area contributed by atoms with Gasteiger partial charge in [0.25, 0.3) is 0 Å². The summed E-state index contributed by atoms with van der Waals surface area (Å²) >= 11 is 5.95. The SMILES string of the molecule is COc1ccc(C(O)C(=O)C(C)(C)C)cc1Cl. The van der Waals surface area contributed by atoms with E-state index in [0.717, 1.165) is 0 Å². The second-order valence-electron chi connectivity index (χ2n) is 4.91. The first kappa shape index (κ1) is 14.0. The van der Waals surface area contributed by atoms with Gasteiger partial charge in [-0.2, -0.15) is 0 Å². The maximum atomic E-state index is 11.9. The molecule has 0 heterocycles. The fourth-order valence-corrected chi connectivity index (χ4v) is 1.68. The van der Waals surface area contributed by atoms with E-state index in [4.69, 9.17) is 16.3 Å². The fourth-order valence-electron chi connectivity index (χ4n) is 1.41. The Morgan fingerprint density at radius 1 is 1.41 bits per heavy atom. The summed E-state index contributed by atoms with van der Waals surface area (Å²) in [5.74, 6) is 0.282. The molecule has 0 aromatic heterocycles. The highest BCUT2D eigenvalue weighted by Gasteiger charge is 2.29. The summed E-state index contributed by atoms with van der Waals surface area (Å²) in [6.07, 6.45) is -1.15. The van der Waals surface area contributed by atoms with Gasteiger partial charge in [-0.15, -0.1) is 0 Å². The number of hydrogen-bond acceptors (Lipinski definition) is 3. The number of rotatable bonds is 3. The van der Waals surface area contributed by atoms with Crippen molar-refractivity contribution in [3.05, 3.63) is 28.8 Å². The number of ketones is 1. The van der Waals surface area contributed by atoms with Crippen molar-refractivity contribution >= 4 is 17.4 Å². The van der Waals surface area contributed by atoms with Gasteiger partial charge < -0.3 is 9.84 Å². The molecule has 0 saturated carbocycles. The van der Waals surface area contributed by atoms with Crippen molar-refractivity contribution in [2.45, 2.75) is 26.9 Å². The summed E-state index contributed by atoms with van der Waals surface area (Å²) in [6.45, 7) is 5.30. The first-order chi connectivity index (χ1) is 7.77. The number of ether oxygens (including phenoxy) is 1. The quantitative estimate of drug-likeness (QED) is 0.904. The number of aliphatic hydroxyl groups excluding tert-OH is 1. The van der Waals surface area contributed by atoms with Gasteiger partial charge in [0, 0.05) is 5.41 Å². The Morgan fingerprint density at radius 2 is 2.00 bits per heavy atom. The lowest BCUT2D eigenvalue weighted by Crippen LogP contribution is -2.26. The summed E-state index contributed by atoms with van der Waals surface area (Å²) in [5.41, 5.74) is -0.109. The third-order valence-corrected chi connectivity index (χ3v) is 2.77. The molecule has 0 aliphatic rings. The third kappa shape index (κ3) is 3.20. The van der Waals surface area contributed by atoms with Crippen LogP contribution in [0.5, 0.6) is 5.75 Å². The highest BCUT2D eigenvalue weighted by Crippen LogP contribution is 2.31. The van der Waals surface area contributed by atoms with Crippen LogP contribution < -0.4 is 4.74 Å². The number of hydrogen-bond donors (Lipinski definition) is 1. The molecule has 1 aromatic rings. The molecule has 0 amide bonds. The van der Waals surface area contributed by atoms with Crippen LogP contribution in [-0.2, 0) is 4.79 Å². The smallest absolute Gasteiger partial charge is 0.171 e. The van der Waals surface area contributed by atoms with Gasteiger partial charge in [-0.1, -0.05) is 38.4 Å². The van der Waals surface area contributed by atoms with E-state index < -0.39 is 11.5 Å². The number of halogens is 1. The molecule has 1 unspecified atom stereocenters. The van der Waals surface area contributed by atoms with Crippen LogP contribution >= 0.6 is 11.6 Å². The second kappa shape index (κ2) is 5.07. The molecule has 0 saturated heterocycles. The Morgan fingerprint density at radius 3 is 2.41 bits per heavy atom. The molecule has 94 valence electrons. The molecule has 1 rings (SSSR count). The van der Waals surface area contributed by atoms with Gasteiger partial charge >= 0.3 is 0 Å². The highest BCUT2D eigenvalue weighted by atomic mass is 35.5. The monoisotopic (exact) mass is 256 g/mol. The number of carbonyl (C=O) groups is 1. The average molecular weight is 257 g/mol. The van der Waals surface area contributed by atoms with Gasteiger partial charge in [-0.3, -0.25) is 4.79 Å². The summed E-state index contributed by atoms with van der Waals surface area (Å²) in [5, 5.41) is 10.3. The molecule has 0 aliphatic heterocycles. The molecule has 0 aliphatic carbocycles. The molecule has 3 nitrogen and oxygen atoms in total. The van der Waals surface area contributed by atoms with E-state index in [2.05, 4.69) is 0 Å². The number of benzene rings is 1. The zero-order chi connectivity index (χ0) is 13.2. The predicted molar refractivity (Wildman–Crippen MR) is 67.4 cm³/mol. The van der Waals surface area contributed by atoms with Crippen molar-refractivity contribution in [1.29, 1.82) is 0 Å². The van der Waals surface area contributed by atoms with Crippen LogP contribution in [0.25, 0.3) is 0 Å². The van der Waals surface area contributed by atoms with Crippen LogP contribution in [0.3, 0.4) is 0 Å². The first-order valence-corrected chi connectivity index (χ1v) is 5.71. The number of aliphatic hydroxyl groups is 1. The molecule has 4 heteroatoms. The summed E-state index contributed by atoms with van der Waals surface area (Å²) in [4.78, 5) is 11.9. The van der Waals surface area contributed by atoms with Crippen molar-refractivity contribution in [1.82, 2.24) is 0 Å². The summed E-state index contributed by atoms with van der Waals surface area (Å²) in [7, 11) is 1.51. The van der Waals surface area contributed by atoms with Crippen molar-refractivity contribution in [2.24, 2.45) is 5.41 Å². The largest absolute Gasteiger partial charge is 0.495 e. The molecule has 1 atom stereocenters. The van der Waals surface area contributed by atoms with E-state index in [1.807, 2.05) is 0 Å². The van der Waals surface area contributed by atoms with Gasteiger partial charge in [-0.25, -0.2) is 0 Å². The molecular formula is C13H17ClO3. The Hall–Kier alpha value is -1.06. The van der Waals surface area contributed by atoms with Crippen molar-refractivity contribution in [3.63, 3.8) is 0 Å². The lowest BCUT2D eigenvalue weighted by atomic mass is 9.85. The van der Waals surface area contributed by atoms with Gasteiger partial charge in [0.05, 0.1) is 12.1 Å². The fraction of sp³-hybridized carbons (Fsp3) is 0.462. The Balaban J connectivity index is 3.02. The van der Waals surface area contributed by atoms with Crippen molar-refractivity contribution < 1.29 is 14.6 Å². The maximum Gasteiger partial charge on any atom is 0.171 e. The van der Waals surface area contributed by atoms with E-state index in [1.165, 1.54) is 7.11 Å². The molecule has 1 aromatic carbocycles. The van der Waals surface area contributed by atoms with E-state index >= 15 is 0 Å². The Kier molecular flexibility index (Phi) is 4.17. The van der Waals surface area contributed by atoms with Crippen molar-refractivity contribution in [3.8, 4) is 5.75 Å². The van der Waals surface area contributed by atoms with Gasteiger partial charge in [0.15, 0.2) is 5.78 Å². The topological polar surface area (TPSA) is 46.5 Å². The van der Waals surface area contributed by atoms with Crippen LogP contribution in [-0.4, -0.2) is 18.0 Å². The molecule has 17 heavy (non-hydrogen) atoms. The number of Topliss-reactive ketones (excluding diaryl/α,β-unsaturated/α-hetero) is 1. The van der Waals surface area contributed by atoms with Crippen LogP contribution in [0.4, 0.5) is 0 Å². The second-order valence-corrected chi connectivity index (χ2v) is 5.32. The zero-order valence-electron chi connectivity index (χ0n) is 10.5. The average Bonchev–Trinajstić information content (AvgIpc) is 2.25. The van der Waals surface area contributed by atoms with Gasteiger partial charge in [0.1, 0.15) is 11.9 Å². The Bertz CT molecular complexity index is 421. The molecule has 0 bridgehead atoms. The summed E-state index contributed by atoms with van der Waals surface area (Å²) < 4.78 is 5.01. The normalized spacial score (nSPS) is 13.3. The van der Waals surface area contributed by atoms with Crippen LogP contribution in [0.1, 0.15) is 32.4 Å². The predicted octanol–water partition coefficient (Wildman–Crippen LogP) is 3.00. The van der Waals surface area contributed by atoms with Gasteiger partial charge in [-0.05, 0) is 17.7 Å². The third-order valence-electron chi connectivity index (χ3n) is 2.48. The minimum absolute atomic E-state index is 0.237. The van der Waals surface area contributed by atoms with E-state index in [1.54, 1.807) is 39.0 Å². The van der Waals surface area contributed by atoms with Crippen LogP contribution in [0.15, 0.2) is 18.2 Å². The minimum atomic E-state index is -1.15. The van der Waals surface area contributed by atoms with E-state index in [-0.39, 0.29) is 5.78 Å². The Labute approximate surface area is 106 Å². The van der Waals surface area contributed by atoms with Crippen molar-refractivity contribution in [2.75, 3.05) is 7.11 Å². The number of methoxy groups -OCH3 is 1. The molecule has 0 radical (unpaired) electrons. The highest BCUT2D eigenvalue weighted by molar-refractivity contribution is 6.32. The van der Waals surface area contributed by atoms with E-state index in [9.17, 15) is 9.90 Å². The number of carbonyl (C=O) groups excluding carboxylic acids is 1. The molecule has 0 fully saturated rings. The first-order valence-electron chi connectivity index (χ1n) is 5.33. The lowest BCUT2D eigenvalue weighted by Gasteiger charge is -2.21.